The van der Waals surface area contributed by atoms with Crippen molar-refractivity contribution < 1.29 is 0 Å². The van der Waals surface area contributed by atoms with E-state index in [2.05, 4.69) is 36.3 Å². The molecule has 3 aromatic heterocycles. The predicted octanol–water partition coefficient (Wildman–Crippen LogP) is 4.18. The third kappa shape index (κ3) is 3.71. The predicted molar refractivity (Wildman–Crippen MR) is 88.6 cm³/mol. The number of rotatable bonds is 3. The average molecular weight is 369 g/mol. The second kappa shape index (κ2) is 7.38. The van der Waals surface area contributed by atoms with Crippen molar-refractivity contribution >= 4 is 39.0 Å². The van der Waals surface area contributed by atoms with E-state index in [1.54, 1.807) is 23.0 Å². The van der Waals surface area contributed by atoms with Crippen molar-refractivity contribution in [3.05, 3.63) is 52.0 Å². The molecule has 0 bridgehead atoms. The topological polar surface area (TPSA) is 55.1 Å². The first-order valence-corrected chi connectivity index (χ1v) is 7.74. The van der Waals surface area contributed by atoms with E-state index < -0.39 is 0 Å². The van der Waals surface area contributed by atoms with Crippen molar-refractivity contribution in [3.8, 4) is 0 Å². The van der Waals surface area contributed by atoms with E-state index in [1.165, 1.54) is 0 Å². The maximum absolute atomic E-state index is 6.01. The first-order valence-electron chi connectivity index (χ1n) is 6.56. The summed E-state index contributed by atoms with van der Waals surface area (Å²) in [7, 11) is 0. The Morgan fingerprint density at radius 3 is 2.86 bits per heavy atom. The van der Waals surface area contributed by atoms with Gasteiger partial charge in [0.05, 0.1) is 10.7 Å². The van der Waals surface area contributed by atoms with Gasteiger partial charge in [0.25, 0.3) is 0 Å². The summed E-state index contributed by atoms with van der Waals surface area (Å²) in [4.78, 5) is 8.29. The summed E-state index contributed by atoms with van der Waals surface area (Å²) < 4.78 is 2.51. The Morgan fingerprint density at radius 2 is 2.14 bits per heavy atom. The SMILES string of the molecule is CC.Clc1cc(NCc2cccnc2)n2ncc(Br)c2n1. The molecule has 21 heavy (non-hydrogen) atoms. The lowest BCUT2D eigenvalue weighted by molar-refractivity contribution is 0.924. The van der Waals surface area contributed by atoms with Gasteiger partial charge in [0.1, 0.15) is 11.0 Å². The third-order valence-electron chi connectivity index (χ3n) is 2.59. The molecule has 3 aromatic rings. The van der Waals surface area contributed by atoms with Crippen molar-refractivity contribution in [2.45, 2.75) is 20.4 Å². The molecule has 7 heteroatoms. The van der Waals surface area contributed by atoms with E-state index in [-0.39, 0.29) is 0 Å². The molecule has 0 saturated heterocycles. The lowest BCUT2D eigenvalue weighted by Gasteiger charge is -2.08. The molecule has 0 saturated carbocycles. The summed E-state index contributed by atoms with van der Waals surface area (Å²) >= 11 is 9.40. The second-order valence-electron chi connectivity index (χ2n) is 3.91. The van der Waals surface area contributed by atoms with Crippen molar-refractivity contribution in [2.75, 3.05) is 5.32 Å². The van der Waals surface area contributed by atoms with Crippen LogP contribution >= 0.6 is 27.5 Å². The first-order chi connectivity index (χ1) is 10.2. The van der Waals surface area contributed by atoms with Crippen LogP contribution in [0.5, 0.6) is 0 Å². The van der Waals surface area contributed by atoms with Gasteiger partial charge in [-0.05, 0) is 27.6 Å². The molecular weight excluding hydrogens is 354 g/mol. The number of hydrogen-bond donors (Lipinski definition) is 1. The normalized spacial score (nSPS) is 10.1. The van der Waals surface area contributed by atoms with Gasteiger partial charge < -0.3 is 5.32 Å². The molecule has 0 unspecified atom stereocenters. The molecule has 0 aliphatic carbocycles. The van der Waals surface area contributed by atoms with Crippen molar-refractivity contribution in [2.24, 2.45) is 0 Å². The van der Waals surface area contributed by atoms with Crippen LogP contribution in [0.1, 0.15) is 19.4 Å². The second-order valence-corrected chi connectivity index (χ2v) is 5.15. The maximum atomic E-state index is 6.01. The van der Waals surface area contributed by atoms with Crippen LogP contribution in [-0.4, -0.2) is 19.6 Å². The van der Waals surface area contributed by atoms with Crippen LogP contribution in [0.2, 0.25) is 5.15 Å². The molecule has 0 fully saturated rings. The molecule has 110 valence electrons. The maximum Gasteiger partial charge on any atom is 0.173 e. The summed E-state index contributed by atoms with van der Waals surface area (Å²) in [6.07, 6.45) is 5.25. The molecule has 3 rings (SSSR count). The largest absolute Gasteiger partial charge is 0.366 e. The Hall–Kier alpha value is -1.66. The highest BCUT2D eigenvalue weighted by Crippen LogP contribution is 2.22. The van der Waals surface area contributed by atoms with Gasteiger partial charge in [0, 0.05) is 25.0 Å². The highest BCUT2D eigenvalue weighted by Gasteiger charge is 2.08. The monoisotopic (exact) mass is 367 g/mol. The van der Waals surface area contributed by atoms with Gasteiger partial charge in [-0.3, -0.25) is 4.98 Å². The van der Waals surface area contributed by atoms with E-state index in [0.717, 1.165) is 15.9 Å². The summed E-state index contributed by atoms with van der Waals surface area (Å²) in [5.41, 5.74) is 1.76. The smallest absolute Gasteiger partial charge is 0.173 e. The van der Waals surface area contributed by atoms with Crippen LogP contribution in [0.3, 0.4) is 0 Å². The lowest BCUT2D eigenvalue weighted by atomic mass is 10.3. The Balaban J connectivity index is 0.000000774. The van der Waals surface area contributed by atoms with Gasteiger partial charge in [0.15, 0.2) is 5.65 Å². The number of halogens is 2. The zero-order valence-corrected chi connectivity index (χ0v) is 14.1. The zero-order chi connectivity index (χ0) is 15.2. The number of anilines is 1. The first kappa shape index (κ1) is 15.7. The highest BCUT2D eigenvalue weighted by molar-refractivity contribution is 9.10. The van der Waals surface area contributed by atoms with Crippen LogP contribution < -0.4 is 5.32 Å². The van der Waals surface area contributed by atoms with Crippen LogP contribution in [0, 0.1) is 0 Å². The minimum absolute atomic E-state index is 0.419. The molecular formula is C14H15BrClN5. The molecule has 0 spiro atoms. The molecule has 0 aliphatic heterocycles. The molecule has 0 aromatic carbocycles. The quantitative estimate of drug-likeness (QED) is 0.705. The minimum Gasteiger partial charge on any atom is -0.366 e. The average Bonchev–Trinajstić information content (AvgIpc) is 2.89. The van der Waals surface area contributed by atoms with Crippen molar-refractivity contribution in [3.63, 3.8) is 0 Å². The van der Waals surface area contributed by atoms with Crippen LogP contribution in [0.25, 0.3) is 5.65 Å². The summed E-state index contributed by atoms with van der Waals surface area (Å²) in [5.74, 6) is 0.782. The van der Waals surface area contributed by atoms with E-state index in [9.17, 15) is 0 Å². The highest BCUT2D eigenvalue weighted by atomic mass is 79.9. The van der Waals surface area contributed by atoms with E-state index in [4.69, 9.17) is 11.6 Å². The van der Waals surface area contributed by atoms with E-state index in [0.29, 0.717) is 17.3 Å². The summed E-state index contributed by atoms with van der Waals surface area (Å²) in [6, 6.07) is 5.64. The van der Waals surface area contributed by atoms with Crippen LogP contribution in [-0.2, 0) is 6.54 Å². The fourth-order valence-corrected chi connectivity index (χ4v) is 2.26. The Kier molecular flexibility index (Phi) is 5.52. The number of fused-ring (bicyclic) bond motifs is 1. The molecule has 0 atom stereocenters. The Morgan fingerprint density at radius 1 is 1.33 bits per heavy atom. The fraction of sp³-hybridized carbons (Fsp3) is 0.214. The molecule has 0 aliphatic rings. The molecule has 5 nitrogen and oxygen atoms in total. The Labute approximate surface area is 136 Å². The fourth-order valence-electron chi connectivity index (χ4n) is 1.73. The van der Waals surface area contributed by atoms with Crippen LogP contribution in [0.15, 0.2) is 41.3 Å². The number of nitrogens with zero attached hydrogens (tertiary/aromatic N) is 4. The number of aromatic nitrogens is 4. The molecule has 0 amide bonds. The minimum atomic E-state index is 0.419. The molecule has 1 N–H and O–H groups in total. The lowest BCUT2D eigenvalue weighted by Crippen LogP contribution is -2.06. The molecule has 3 heterocycles. The Bertz CT molecular complexity index is 714. The van der Waals surface area contributed by atoms with Crippen molar-refractivity contribution in [1.82, 2.24) is 19.6 Å². The number of hydrogen-bond acceptors (Lipinski definition) is 4. The van der Waals surface area contributed by atoms with Gasteiger partial charge in [-0.1, -0.05) is 31.5 Å². The van der Waals surface area contributed by atoms with Gasteiger partial charge in [-0.2, -0.15) is 9.61 Å². The summed E-state index contributed by atoms with van der Waals surface area (Å²) in [6.45, 7) is 4.64. The van der Waals surface area contributed by atoms with Gasteiger partial charge in [-0.15, -0.1) is 0 Å². The van der Waals surface area contributed by atoms with Gasteiger partial charge in [-0.25, -0.2) is 4.98 Å². The standard InChI is InChI=1S/C12H9BrClN5.C2H6/c13-9-7-17-19-11(4-10(14)18-12(9)19)16-6-8-2-1-3-15-5-8;1-2/h1-5,7,16H,6H2;1-2H3. The number of pyridine rings is 1. The number of nitrogens with one attached hydrogen (secondary N) is 1. The van der Waals surface area contributed by atoms with Crippen LogP contribution in [0.4, 0.5) is 5.82 Å². The van der Waals surface area contributed by atoms with Gasteiger partial charge >= 0.3 is 0 Å². The van der Waals surface area contributed by atoms with E-state index >= 15 is 0 Å². The third-order valence-corrected chi connectivity index (χ3v) is 3.35. The summed E-state index contributed by atoms with van der Waals surface area (Å²) in [5, 5.41) is 7.93. The molecule has 0 radical (unpaired) electrons. The van der Waals surface area contributed by atoms with Crippen molar-refractivity contribution in [1.29, 1.82) is 0 Å². The van der Waals surface area contributed by atoms with E-state index in [1.807, 2.05) is 32.2 Å². The van der Waals surface area contributed by atoms with Gasteiger partial charge in [0.2, 0.25) is 0 Å². The zero-order valence-electron chi connectivity index (χ0n) is 11.7.